The lowest BCUT2D eigenvalue weighted by Gasteiger charge is -2.17. The van der Waals surface area contributed by atoms with Crippen LogP contribution in [-0.4, -0.2) is 25.0 Å². The van der Waals surface area contributed by atoms with Crippen molar-refractivity contribution in [2.24, 2.45) is 5.92 Å². The lowest BCUT2D eigenvalue weighted by atomic mass is 10.1. The summed E-state index contributed by atoms with van der Waals surface area (Å²) in [5.74, 6) is 0.444. The minimum atomic E-state index is 0. The molecule has 84 valence electrons. The second-order valence-electron chi connectivity index (χ2n) is 3.71. The summed E-state index contributed by atoms with van der Waals surface area (Å²) in [6.07, 6.45) is 3.05. The minimum Gasteiger partial charge on any atom is -0.353 e. The van der Waals surface area contributed by atoms with Crippen LogP contribution in [0.25, 0.3) is 0 Å². The van der Waals surface area contributed by atoms with Gasteiger partial charge in [-0.05, 0) is 25.8 Å². The maximum absolute atomic E-state index is 11.6. The Morgan fingerprint density at radius 1 is 1.50 bits per heavy atom. The van der Waals surface area contributed by atoms with Crippen LogP contribution in [0.3, 0.4) is 0 Å². The van der Waals surface area contributed by atoms with E-state index in [0.717, 1.165) is 32.4 Å². The molecule has 14 heavy (non-hydrogen) atoms. The van der Waals surface area contributed by atoms with E-state index in [1.165, 1.54) is 0 Å². The fraction of sp³-hybridized carbons (Fsp3) is 0.900. The molecule has 0 aromatic carbocycles. The summed E-state index contributed by atoms with van der Waals surface area (Å²) < 4.78 is 0. The average molecular weight is 221 g/mol. The highest BCUT2D eigenvalue weighted by Crippen LogP contribution is 2.08. The fourth-order valence-electron chi connectivity index (χ4n) is 1.69. The molecule has 1 heterocycles. The van der Waals surface area contributed by atoms with Crippen LogP contribution in [0, 0.1) is 5.92 Å². The first-order valence-electron chi connectivity index (χ1n) is 5.29. The maximum atomic E-state index is 11.6. The van der Waals surface area contributed by atoms with Crippen LogP contribution in [0.15, 0.2) is 0 Å². The molecule has 1 aliphatic heterocycles. The second-order valence-corrected chi connectivity index (χ2v) is 3.71. The van der Waals surface area contributed by atoms with Crippen molar-refractivity contribution in [3.63, 3.8) is 0 Å². The zero-order valence-electron chi connectivity index (χ0n) is 9.01. The molecule has 3 nitrogen and oxygen atoms in total. The van der Waals surface area contributed by atoms with Gasteiger partial charge in [-0.3, -0.25) is 4.79 Å². The molecule has 1 aliphatic rings. The van der Waals surface area contributed by atoms with E-state index in [0.29, 0.717) is 6.04 Å². The van der Waals surface area contributed by atoms with Gasteiger partial charge in [0.2, 0.25) is 5.91 Å². The fourth-order valence-corrected chi connectivity index (χ4v) is 1.69. The van der Waals surface area contributed by atoms with Crippen molar-refractivity contribution in [3.05, 3.63) is 0 Å². The molecular formula is C10H21ClN2O. The normalized spacial score (nSPS) is 20.6. The summed E-state index contributed by atoms with van der Waals surface area (Å²) in [4.78, 5) is 11.6. The summed E-state index contributed by atoms with van der Waals surface area (Å²) >= 11 is 0. The predicted octanol–water partition coefficient (Wildman–Crippen LogP) is 1.32. The van der Waals surface area contributed by atoms with Crippen LogP contribution in [0.2, 0.25) is 0 Å². The molecule has 1 atom stereocenters. The van der Waals surface area contributed by atoms with Crippen molar-refractivity contribution in [1.29, 1.82) is 0 Å². The van der Waals surface area contributed by atoms with Crippen molar-refractivity contribution in [3.8, 4) is 0 Å². The van der Waals surface area contributed by atoms with Gasteiger partial charge in [-0.15, -0.1) is 12.4 Å². The van der Waals surface area contributed by atoms with Gasteiger partial charge in [0, 0.05) is 12.6 Å². The Morgan fingerprint density at radius 2 is 2.14 bits per heavy atom. The zero-order chi connectivity index (χ0) is 9.68. The van der Waals surface area contributed by atoms with Crippen LogP contribution in [-0.2, 0) is 4.79 Å². The molecule has 1 rings (SSSR count). The molecule has 0 radical (unpaired) electrons. The van der Waals surface area contributed by atoms with E-state index < -0.39 is 0 Å². The molecule has 0 saturated carbocycles. The van der Waals surface area contributed by atoms with Gasteiger partial charge in [0.25, 0.3) is 0 Å². The maximum Gasteiger partial charge on any atom is 0.224 e. The van der Waals surface area contributed by atoms with Gasteiger partial charge in [-0.2, -0.15) is 0 Å². The Hall–Kier alpha value is -0.280. The molecule has 0 bridgehead atoms. The second kappa shape index (κ2) is 7.07. The Labute approximate surface area is 92.4 Å². The first-order valence-corrected chi connectivity index (χ1v) is 5.29. The molecule has 0 aliphatic carbocycles. The number of carbonyl (C=O) groups is 1. The number of rotatable bonds is 4. The number of halogens is 1. The Kier molecular flexibility index (Phi) is 6.93. The zero-order valence-corrected chi connectivity index (χ0v) is 9.82. The highest BCUT2D eigenvalue weighted by atomic mass is 35.5. The van der Waals surface area contributed by atoms with Gasteiger partial charge in [-0.1, -0.05) is 13.8 Å². The summed E-state index contributed by atoms with van der Waals surface area (Å²) in [6.45, 7) is 6.07. The quantitative estimate of drug-likeness (QED) is 0.751. The van der Waals surface area contributed by atoms with Crippen molar-refractivity contribution in [2.75, 3.05) is 13.1 Å². The SMILES string of the molecule is CCC(CC)NC(=O)[C@@H]1CCNC1.Cl. The van der Waals surface area contributed by atoms with Crippen LogP contribution >= 0.6 is 12.4 Å². The summed E-state index contributed by atoms with van der Waals surface area (Å²) in [6, 6.07) is 0.369. The number of amides is 1. The van der Waals surface area contributed by atoms with Gasteiger partial charge in [-0.25, -0.2) is 0 Å². The highest BCUT2D eigenvalue weighted by Gasteiger charge is 2.23. The molecular weight excluding hydrogens is 200 g/mol. The lowest BCUT2D eigenvalue weighted by Crippen LogP contribution is -2.38. The van der Waals surface area contributed by atoms with Crippen molar-refractivity contribution in [2.45, 2.75) is 39.2 Å². The topological polar surface area (TPSA) is 41.1 Å². The van der Waals surface area contributed by atoms with Gasteiger partial charge < -0.3 is 10.6 Å². The van der Waals surface area contributed by atoms with Crippen molar-refractivity contribution < 1.29 is 4.79 Å². The highest BCUT2D eigenvalue weighted by molar-refractivity contribution is 5.85. The summed E-state index contributed by atoms with van der Waals surface area (Å²) in [7, 11) is 0. The number of carbonyl (C=O) groups excluding carboxylic acids is 1. The lowest BCUT2D eigenvalue weighted by molar-refractivity contribution is -0.125. The summed E-state index contributed by atoms with van der Waals surface area (Å²) in [5.41, 5.74) is 0. The Morgan fingerprint density at radius 3 is 2.57 bits per heavy atom. The Bertz CT molecular complexity index is 166. The first-order chi connectivity index (χ1) is 6.27. The molecule has 0 aromatic heterocycles. The third-order valence-corrected chi connectivity index (χ3v) is 2.76. The first kappa shape index (κ1) is 13.7. The number of nitrogens with one attached hydrogen (secondary N) is 2. The van der Waals surface area contributed by atoms with E-state index in [1.54, 1.807) is 0 Å². The van der Waals surface area contributed by atoms with Gasteiger partial charge in [0.15, 0.2) is 0 Å². The largest absolute Gasteiger partial charge is 0.353 e. The minimum absolute atomic E-state index is 0. The predicted molar refractivity (Wildman–Crippen MR) is 60.7 cm³/mol. The molecule has 1 fully saturated rings. The van der Waals surface area contributed by atoms with Crippen LogP contribution < -0.4 is 10.6 Å². The number of hydrogen-bond donors (Lipinski definition) is 2. The van der Waals surface area contributed by atoms with Crippen LogP contribution in [0.4, 0.5) is 0 Å². The van der Waals surface area contributed by atoms with E-state index in [-0.39, 0.29) is 24.2 Å². The van der Waals surface area contributed by atoms with Crippen LogP contribution in [0.5, 0.6) is 0 Å². The van der Waals surface area contributed by atoms with Gasteiger partial charge in [0.1, 0.15) is 0 Å². The third-order valence-electron chi connectivity index (χ3n) is 2.76. The Balaban J connectivity index is 0.00000169. The van der Waals surface area contributed by atoms with Crippen LogP contribution in [0.1, 0.15) is 33.1 Å². The molecule has 0 spiro atoms. The van der Waals surface area contributed by atoms with E-state index in [9.17, 15) is 4.79 Å². The standard InChI is InChI=1S/C10H20N2O.ClH/c1-3-9(4-2)12-10(13)8-5-6-11-7-8;/h8-9,11H,3-7H2,1-2H3,(H,12,13);1H/t8-;/m1./s1. The van der Waals surface area contributed by atoms with Crippen molar-refractivity contribution >= 4 is 18.3 Å². The van der Waals surface area contributed by atoms with E-state index >= 15 is 0 Å². The summed E-state index contributed by atoms with van der Waals surface area (Å²) in [5, 5.41) is 6.28. The smallest absolute Gasteiger partial charge is 0.224 e. The monoisotopic (exact) mass is 220 g/mol. The van der Waals surface area contributed by atoms with E-state index in [4.69, 9.17) is 0 Å². The van der Waals surface area contributed by atoms with E-state index in [2.05, 4.69) is 24.5 Å². The third kappa shape index (κ3) is 3.84. The van der Waals surface area contributed by atoms with E-state index in [1.807, 2.05) is 0 Å². The molecule has 2 N–H and O–H groups in total. The molecule has 4 heteroatoms. The molecule has 1 amide bonds. The van der Waals surface area contributed by atoms with Crippen molar-refractivity contribution in [1.82, 2.24) is 10.6 Å². The molecule has 1 saturated heterocycles. The molecule has 0 unspecified atom stereocenters. The molecule has 0 aromatic rings. The van der Waals surface area contributed by atoms with Gasteiger partial charge in [0.05, 0.1) is 5.92 Å². The average Bonchev–Trinajstić information content (AvgIpc) is 2.66. The van der Waals surface area contributed by atoms with Gasteiger partial charge >= 0.3 is 0 Å². The number of hydrogen-bond acceptors (Lipinski definition) is 2.